The molecule has 0 saturated heterocycles. The first kappa shape index (κ1) is 10.7. The minimum atomic E-state index is 0.599. The van der Waals surface area contributed by atoms with Crippen LogP contribution in [0.4, 0.5) is 0 Å². The molecule has 0 aromatic carbocycles. The third-order valence-corrected chi connectivity index (χ3v) is 2.28. The van der Waals surface area contributed by atoms with E-state index in [0.717, 1.165) is 19.5 Å². The molecule has 0 aliphatic rings. The lowest BCUT2D eigenvalue weighted by Crippen LogP contribution is -2.22. The van der Waals surface area contributed by atoms with Gasteiger partial charge >= 0.3 is 0 Å². The van der Waals surface area contributed by atoms with Crippen LogP contribution in [0.5, 0.6) is 0 Å². The largest absolute Gasteiger partial charge is 0.305 e. The Morgan fingerprint density at radius 3 is 2.93 bits per heavy atom. The molecular weight excluding hydrogens is 176 g/mol. The Kier molecular flexibility index (Phi) is 4.14. The van der Waals surface area contributed by atoms with Gasteiger partial charge in [-0.3, -0.25) is 4.68 Å². The first-order valence-corrected chi connectivity index (χ1v) is 4.76. The molecule has 0 aliphatic heterocycles. The predicted octanol–water partition coefficient (Wildman–Crippen LogP) is 0.808. The van der Waals surface area contributed by atoms with Crippen LogP contribution in [0.15, 0.2) is 12.3 Å². The minimum Gasteiger partial charge on any atom is -0.305 e. The maximum Gasteiger partial charge on any atom is 0.0635 e. The van der Waals surface area contributed by atoms with Gasteiger partial charge in [0.05, 0.1) is 6.07 Å². The second-order valence-corrected chi connectivity index (χ2v) is 3.41. The second-order valence-electron chi connectivity index (χ2n) is 3.41. The number of aryl methyl sites for hydroxylation is 1. The lowest BCUT2D eigenvalue weighted by atomic mass is 10.3. The van der Waals surface area contributed by atoms with Crippen LogP contribution in [0.3, 0.4) is 0 Å². The van der Waals surface area contributed by atoms with Crippen LogP contribution in [0.1, 0.15) is 12.1 Å². The first-order chi connectivity index (χ1) is 6.74. The molecule has 4 heteroatoms. The highest BCUT2D eigenvalue weighted by Gasteiger charge is 2.01. The summed E-state index contributed by atoms with van der Waals surface area (Å²) < 4.78 is 1.89. The van der Waals surface area contributed by atoms with E-state index < -0.39 is 0 Å². The van der Waals surface area contributed by atoms with Crippen molar-refractivity contribution in [2.24, 2.45) is 7.05 Å². The first-order valence-electron chi connectivity index (χ1n) is 4.76. The van der Waals surface area contributed by atoms with E-state index in [-0.39, 0.29) is 0 Å². The highest BCUT2D eigenvalue weighted by molar-refractivity contribution is 5.00. The quantitative estimate of drug-likeness (QED) is 0.693. The molecule has 0 amide bonds. The highest BCUT2D eigenvalue weighted by atomic mass is 15.3. The molecule has 1 rings (SSSR count). The van der Waals surface area contributed by atoms with E-state index in [1.807, 2.05) is 31.0 Å². The highest BCUT2D eigenvalue weighted by Crippen LogP contribution is 1.98. The maximum atomic E-state index is 8.42. The van der Waals surface area contributed by atoms with Gasteiger partial charge in [0.15, 0.2) is 0 Å². The Balaban J connectivity index is 2.27. The monoisotopic (exact) mass is 192 g/mol. The van der Waals surface area contributed by atoms with Gasteiger partial charge in [-0.25, -0.2) is 0 Å². The van der Waals surface area contributed by atoms with Crippen molar-refractivity contribution < 1.29 is 0 Å². The van der Waals surface area contributed by atoms with Crippen molar-refractivity contribution in [3.8, 4) is 6.07 Å². The number of rotatable bonds is 5. The molecule has 0 bridgehead atoms. The Morgan fingerprint density at radius 2 is 2.36 bits per heavy atom. The van der Waals surface area contributed by atoms with E-state index in [1.165, 1.54) is 5.69 Å². The van der Waals surface area contributed by atoms with Crippen LogP contribution >= 0.6 is 0 Å². The molecule has 14 heavy (non-hydrogen) atoms. The second kappa shape index (κ2) is 5.40. The van der Waals surface area contributed by atoms with Crippen molar-refractivity contribution in [3.63, 3.8) is 0 Å². The fourth-order valence-electron chi connectivity index (χ4n) is 1.30. The summed E-state index contributed by atoms with van der Waals surface area (Å²) in [5, 5.41) is 12.5. The normalized spacial score (nSPS) is 10.4. The Bertz CT molecular complexity index is 310. The van der Waals surface area contributed by atoms with Crippen molar-refractivity contribution in [2.45, 2.75) is 12.8 Å². The van der Waals surface area contributed by atoms with Gasteiger partial charge in [0, 0.05) is 44.9 Å². The van der Waals surface area contributed by atoms with Crippen LogP contribution in [-0.4, -0.2) is 34.8 Å². The molecule has 0 radical (unpaired) electrons. The zero-order valence-electron chi connectivity index (χ0n) is 8.77. The van der Waals surface area contributed by atoms with Gasteiger partial charge in [-0.05, 0) is 13.1 Å². The summed E-state index contributed by atoms with van der Waals surface area (Å²) in [5.74, 6) is 0. The fourth-order valence-corrected chi connectivity index (χ4v) is 1.30. The molecule has 0 spiro atoms. The van der Waals surface area contributed by atoms with Gasteiger partial charge in [-0.1, -0.05) is 0 Å². The van der Waals surface area contributed by atoms with Crippen LogP contribution in [0.2, 0.25) is 0 Å². The molecule has 1 heterocycles. The smallest absolute Gasteiger partial charge is 0.0635 e. The van der Waals surface area contributed by atoms with E-state index in [9.17, 15) is 0 Å². The lowest BCUT2D eigenvalue weighted by Gasteiger charge is -2.14. The average Bonchev–Trinajstić information content (AvgIpc) is 2.58. The van der Waals surface area contributed by atoms with Gasteiger partial charge in [0.2, 0.25) is 0 Å². The van der Waals surface area contributed by atoms with Gasteiger partial charge in [-0.2, -0.15) is 10.4 Å². The molecule has 76 valence electrons. The molecule has 0 saturated carbocycles. The summed E-state index contributed by atoms with van der Waals surface area (Å²) >= 11 is 0. The molecule has 4 nitrogen and oxygen atoms in total. The molecule has 0 aliphatic carbocycles. The molecule has 1 aromatic rings. The summed E-state index contributed by atoms with van der Waals surface area (Å²) in [6.45, 7) is 1.82. The number of hydrogen-bond donors (Lipinski definition) is 0. The van der Waals surface area contributed by atoms with E-state index in [2.05, 4.69) is 16.1 Å². The number of nitriles is 1. The maximum absolute atomic E-state index is 8.42. The van der Waals surface area contributed by atoms with E-state index >= 15 is 0 Å². The summed E-state index contributed by atoms with van der Waals surface area (Å²) in [6, 6.07) is 4.17. The van der Waals surface area contributed by atoms with Gasteiger partial charge < -0.3 is 4.90 Å². The van der Waals surface area contributed by atoms with Crippen LogP contribution in [0.25, 0.3) is 0 Å². The standard InChI is InChI=1S/C10H16N4/c1-13(8-3-6-11)9-5-10-4-7-12-14(10)2/h4,7H,3,5,8-9H2,1-2H3. The number of aromatic nitrogens is 2. The van der Waals surface area contributed by atoms with Crippen molar-refractivity contribution in [1.29, 1.82) is 5.26 Å². The zero-order valence-corrected chi connectivity index (χ0v) is 8.77. The molecule has 1 aromatic heterocycles. The fraction of sp³-hybridized carbons (Fsp3) is 0.600. The van der Waals surface area contributed by atoms with E-state index in [0.29, 0.717) is 6.42 Å². The Hall–Kier alpha value is -1.34. The SMILES string of the molecule is CN(CCC#N)CCc1ccnn1C. The van der Waals surface area contributed by atoms with E-state index in [1.54, 1.807) is 0 Å². The van der Waals surface area contributed by atoms with Crippen LogP contribution in [-0.2, 0) is 13.5 Å². The Labute approximate surface area is 84.7 Å². The van der Waals surface area contributed by atoms with Crippen LogP contribution < -0.4 is 0 Å². The summed E-state index contributed by atoms with van der Waals surface area (Å²) in [5.41, 5.74) is 1.23. The number of hydrogen-bond acceptors (Lipinski definition) is 3. The topological polar surface area (TPSA) is 44.9 Å². The third-order valence-electron chi connectivity index (χ3n) is 2.28. The van der Waals surface area contributed by atoms with Gasteiger partial charge in [-0.15, -0.1) is 0 Å². The van der Waals surface area contributed by atoms with Crippen molar-refractivity contribution in [1.82, 2.24) is 14.7 Å². The summed E-state index contributed by atoms with van der Waals surface area (Å²) in [7, 11) is 3.98. The van der Waals surface area contributed by atoms with Crippen LogP contribution in [0, 0.1) is 11.3 Å². The number of likely N-dealkylation sites (N-methyl/N-ethyl adjacent to an activating group) is 1. The minimum absolute atomic E-state index is 0.599. The van der Waals surface area contributed by atoms with Gasteiger partial charge in [0.1, 0.15) is 0 Å². The predicted molar refractivity (Wildman–Crippen MR) is 54.6 cm³/mol. The summed E-state index contributed by atoms with van der Waals surface area (Å²) in [4.78, 5) is 2.16. The third kappa shape index (κ3) is 3.19. The van der Waals surface area contributed by atoms with Crippen molar-refractivity contribution >= 4 is 0 Å². The molecule has 0 atom stereocenters. The molecular formula is C10H16N4. The summed E-state index contributed by atoms with van der Waals surface area (Å²) in [6.07, 6.45) is 3.39. The number of nitrogens with zero attached hydrogens (tertiary/aromatic N) is 4. The van der Waals surface area contributed by atoms with Crippen molar-refractivity contribution in [2.75, 3.05) is 20.1 Å². The lowest BCUT2D eigenvalue weighted by molar-refractivity contribution is 0.343. The zero-order chi connectivity index (χ0) is 10.4. The molecule has 0 fully saturated rings. The van der Waals surface area contributed by atoms with E-state index in [4.69, 9.17) is 5.26 Å². The average molecular weight is 192 g/mol. The molecule has 0 N–H and O–H groups in total. The van der Waals surface area contributed by atoms with Gasteiger partial charge in [0.25, 0.3) is 0 Å². The van der Waals surface area contributed by atoms with Crippen molar-refractivity contribution in [3.05, 3.63) is 18.0 Å². The Morgan fingerprint density at radius 1 is 1.57 bits per heavy atom. The molecule has 0 unspecified atom stereocenters.